The molecule has 146 valence electrons. The number of hydrogen-bond acceptors (Lipinski definition) is 5. The van der Waals surface area contributed by atoms with E-state index in [1.54, 1.807) is 17.5 Å². The second-order valence-electron chi connectivity index (χ2n) is 7.32. The van der Waals surface area contributed by atoms with Crippen molar-refractivity contribution >= 4 is 34.8 Å². The zero-order chi connectivity index (χ0) is 19.3. The molecule has 1 fully saturated rings. The third-order valence-electron chi connectivity index (χ3n) is 5.08. The SMILES string of the molecule is CCCCC(=O)Nc1csc(-c2cncc(C3CC[N+](C)([SH]=O)CC3)n2)c1. The lowest BCUT2D eigenvalue weighted by Crippen LogP contribution is -2.45. The minimum absolute atomic E-state index is 0.0575. The Kier molecular flexibility index (Phi) is 6.73. The fourth-order valence-electron chi connectivity index (χ4n) is 3.29. The van der Waals surface area contributed by atoms with Crippen molar-refractivity contribution in [1.29, 1.82) is 0 Å². The second kappa shape index (κ2) is 9.03. The van der Waals surface area contributed by atoms with Crippen molar-refractivity contribution in [3.05, 3.63) is 29.5 Å². The Balaban J connectivity index is 1.68. The number of quaternary nitrogens is 1. The van der Waals surface area contributed by atoms with Crippen molar-refractivity contribution in [2.24, 2.45) is 0 Å². The third-order valence-corrected chi connectivity index (χ3v) is 6.83. The molecule has 0 spiro atoms. The maximum absolute atomic E-state index is 11.9. The van der Waals surface area contributed by atoms with E-state index in [-0.39, 0.29) is 17.8 Å². The molecule has 2 aromatic heterocycles. The van der Waals surface area contributed by atoms with Crippen LogP contribution in [-0.2, 0) is 16.6 Å². The van der Waals surface area contributed by atoms with Gasteiger partial charge in [0.25, 0.3) is 0 Å². The smallest absolute Gasteiger partial charge is 0.224 e. The summed E-state index contributed by atoms with van der Waals surface area (Å²) in [6.45, 7) is 3.84. The van der Waals surface area contributed by atoms with Crippen molar-refractivity contribution in [2.45, 2.75) is 44.9 Å². The Morgan fingerprint density at radius 1 is 1.37 bits per heavy atom. The van der Waals surface area contributed by atoms with E-state index in [0.717, 1.165) is 60.7 Å². The van der Waals surface area contributed by atoms with Crippen molar-refractivity contribution in [1.82, 2.24) is 9.97 Å². The van der Waals surface area contributed by atoms with Gasteiger partial charge in [-0.15, -0.1) is 11.3 Å². The molecule has 1 amide bonds. The summed E-state index contributed by atoms with van der Waals surface area (Å²) in [4.78, 5) is 22.1. The van der Waals surface area contributed by atoms with E-state index in [9.17, 15) is 9.00 Å². The molecule has 0 atom stereocenters. The summed E-state index contributed by atoms with van der Waals surface area (Å²) in [6, 6.07) is 1.97. The summed E-state index contributed by atoms with van der Waals surface area (Å²) in [5.74, 6) is 0.417. The van der Waals surface area contributed by atoms with E-state index in [2.05, 4.69) is 17.2 Å². The molecular formula is C19H27N4O2S2+. The van der Waals surface area contributed by atoms with Gasteiger partial charge >= 0.3 is 0 Å². The van der Waals surface area contributed by atoms with Crippen LogP contribution in [0.3, 0.4) is 0 Å². The van der Waals surface area contributed by atoms with Crippen LogP contribution in [0, 0.1) is 0 Å². The molecule has 1 aliphatic rings. The van der Waals surface area contributed by atoms with Crippen LogP contribution in [-0.4, -0.2) is 44.1 Å². The molecule has 0 saturated carbocycles. The largest absolute Gasteiger partial charge is 0.325 e. The predicted octanol–water partition coefficient (Wildman–Crippen LogP) is 3.52. The van der Waals surface area contributed by atoms with E-state index >= 15 is 0 Å². The van der Waals surface area contributed by atoms with Crippen molar-refractivity contribution < 1.29 is 12.9 Å². The number of aromatic nitrogens is 2. The first-order chi connectivity index (χ1) is 13.0. The molecule has 3 heterocycles. The molecule has 0 aromatic carbocycles. The highest BCUT2D eigenvalue weighted by Gasteiger charge is 2.31. The number of nitrogens with zero attached hydrogens (tertiary/aromatic N) is 3. The minimum Gasteiger partial charge on any atom is -0.325 e. The molecule has 2 aromatic rings. The van der Waals surface area contributed by atoms with Crippen molar-refractivity contribution in [2.75, 3.05) is 25.5 Å². The van der Waals surface area contributed by atoms with Crippen molar-refractivity contribution in [3.63, 3.8) is 0 Å². The summed E-state index contributed by atoms with van der Waals surface area (Å²) < 4.78 is 11.9. The highest BCUT2D eigenvalue weighted by atomic mass is 32.2. The zero-order valence-corrected chi connectivity index (χ0v) is 17.6. The van der Waals surface area contributed by atoms with Crippen LogP contribution < -0.4 is 5.32 Å². The first kappa shape index (κ1) is 20.1. The standard InChI is InChI=1S/C19H26N4O2S2/c1-3-4-5-19(24)21-15-10-18(26-13-15)17-12-20-11-16(22-17)14-6-8-23(2,27-25)9-7-14/h10-14,27H,3-9H2,1-2H3/p+1. The average molecular weight is 408 g/mol. The molecule has 1 N–H and O–H groups in total. The third kappa shape index (κ3) is 5.21. The predicted molar refractivity (Wildman–Crippen MR) is 111 cm³/mol. The summed E-state index contributed by atoms with van der Waals surface area (Å²) in [7, 11) is 2.02. The number of thiophene rings is 1. The van der Waals surface area contributed by atoms with Crippen LogP contribution in [0.1, 0.15) is 50.6 Å². The van der Waals surface area contributed by atoms with Crippen LogP contribution in [0.2, 0.25) is 0 Å². The number of nitrogens with one attached hydrogen (secondary N) is 1. The number of unbranched alkanes of at least 4 members (excludes halogenated alkanes) is 1. The molecule has 1 saturated heterocycles. The average Bonchev–Trinajstić information content (AvgIpc) is 3.15. The molecule has 27 heavy (non-hydrogen) atoms. The Hall–Kier alpha value is -1.64. The van der Waals surface area contributed by atoms with Gasteiger partial charge in [0.15, 0.2) is 11.9 Å². The lowest BCUT2D eigenvalue weighted by Gasteiger charge is -2.34. The van der Waals surface area contributed by atoms with Gasteiger partial charge in [0.2, 0.25) is 5.91 Å². The number of thiol groups is 1. The molecule has 0 radical (unpaired) electrons. The molecule has 1 aliphatic heterocycles. The number of carbonyl (C=O) groups excluding carboxylic acids is 1. The van der Waals surface area contributed by atoms with Gasteiger partial charge in [-0.2, -0.15) is 0 Å². The van der Waals surface area contributed by atoms with Gasteiger partial charge in [-0.1, -0.05) is 13.3 Å². The fourth-order valence-corrected chi connectivity index (χ4v) is 4.48. The van der Waals surface area contributed by atoms with E-state index < -0.39 is 0 Å². The van der Waals surface area contributed by atoms with Crippen LogP contribution in [0.25, 0.3) is 10.6 Å². The maximum atomic E-state index is 11.9. The zero-order valence-electron chi connectivity index (χ0n) is 15.9. The number of piperidine rings is 1. The molecular weight excluding hydrogens is 380 g/mol. The molecule has 6 nitrogen and oxygen atoms in total. The maximum Gasteiger partial charge on any atom is 0.224 e. The Labute approximate surface area is 168 Å². The van der Waals surface area contributed by atoms with Gasteiger partial charge in [0.1, 0.15) is 0 Å². The van der Waals surface area contributed by atoms with Gasteiger partial charge in [-0.05, 0) is 12.5 Å². The Bertz CT molecular complexity index is 801. The summed E-state index contributed by atoms with van der Waals surface area (Å²) >= 11 is 1.75. The van der Waals surface area contributed by atoms with Crippen LogP contribution in [0.15, 0.2) is 23.8 Å². The molecule has 0 bridgehead atoms. The molecule has 3 rings (SSSR count). The summed E-state index contributed by atoms with van der Waals surface area (Å²) in [5.41, 5.74) is 2.67. The quantitative estimate of drug-likeness (QED) is 0.544. The van der Waals surface area contributed by atoms with E-state index in [0.29, 0.717) is 16.2 Å². The van der Waals surface area contributed by atoms with Gasteiger partial charge in [-0.3, -0.25) is 9.78 Å². The number of amides is 1. The molecule has 0 unspecified atom stereocenters. The summed E-state index contributed by atoms with van der Waals surface area (Å²) in [5, 5.41) is 4.90. The second-order valence-corrected chi connectivity index (χ2v) is 9.36. The van der Waals surface area contributed by atoms with Gasteiger partial charge in [0.05, 0.1) is 48.3 Å². The molecule has 0 aliphatic carbocycles. The number of anilines is 1. The lowest BCUT2D eigenvalue weighted by atomic mass is 9.94. The highest BCUT2D eigenvalue weighted by molar-refractivity contribution is 7.59. The number of hydrogen-bond donors (Lipinski definition) is 2. The van der Waals surface area contributed by atoms with Crippen LogP contribution in [0.4, 0.5) is 5.69 Å². The molecule has 8 heteroatoms. The summed E-state index contributed by atoms with van der Waals surface area (Å²) in [6.07, 6.45) is 8.02. The number of carbonyl (C=O) groups is 1. The monoisotopic (exact) mass is 407 g/mol. The minimum atomic E-state index is 0.0575. The van der Waals surface area contributed by atoms with E-state index in [1.807, 2.05) is 24.7 Å². The van der Waals surface area contributed by atoms with Gasteiger partial charge in [-0.25, -0.2) is 13.1 Å². The topological polar surface area (TPSA) is 72.0 Å². The number of rotatable bonds is 7. The van der Waals surface area contributed by atoms with Gasteiger partial charge < -0.3 is 5.32 Å². The first-order valence-electron chi connectivity index (χ1n) is 9.43. The number of likely N-dealkylation sites (tertiary alicyclic amines) is 1. The van der Waals surface area contributed by atoms with Crippen LogP contribution in [0.5, 0.6) is 0 Å². The van der Waals surface area contributed by atoms with E-state index in [1.165, 1.54) is 0 Å². The fraction of sp³-hybridized carbons (Fsp3) is 0.526. The Morgan fingerprint density at radius 3 is 2.85 bits per heavy atom. The normalized spacial score (nSPS) is 22.5. The Morgan fingerprint density at radius 2 is 2.15 bits per heavy atom. The first-order valence-corrected chi connectivity index (χ1v) is 11.1. The van der Waals surface area contributed by atoms with Crippen LogP contribution >= 0.6 is 11.3 Å². The lowest BCUT2D eigenvalue weighted by molar-refractivity contribution is -0.783. The van der Waals surface area contributed by atoms with Crippen molar-refractivity contribution in [3.8, 4) is 10.6 Å². The van der Waals surface area contributed by atoms with E-state index in [4.69, 9.17) is 4.98 Å². The highest BCUT2D eigenvalue weighted by Crippen LogP contribution is 2.32. The van der Waals surface area contributed by atoms with Gasteiger partial charge in [0, 0.05) is 36.8 Å².